The maximum absolute atomic E-state index is 2.46. The highest BCUT2D eigenvalue weighted by molar-refractivity contribution is 5.76. The van der Waals surface area contributed by atoms with Crippen LogP contribution in [0, 0.1) is 0 Å². The van der Waals surface area contributed by atoms with Gasteiger partial charge in [0, 0.05) is 12.7 Å². The molecule has 0 spiro atoms. The van der Waals surface area contributed by atoms with E-state index in [0.29, 0.717) is 6.17 Å². The molecule has 1 unspecified atom stereocenters. The van der Waals surface area contributed by atoms with E-state index in [1.54, 1.807) is 0 Å². The highest BCUT2D eigenvalue weighted by atomic mass is 15.4. The Morgan fingerprint density at radius 2 is 2.06 bits per heavy atom. The number of allylic oxidation sites excluding steroid dienone is 3. The molecule has 1 aliphatic carbocycles. The quantitative estimate of drug-likeness (QED) is 0.681. The zero-order valence-corrected chi connectivity index (χ0v) is 10.5. The number of para-hydroxylation sites is 1. The highest BCUT2D eigenvalue weighted by Crippen LogP contribution is 2.42. The number of fused-ring (bicyclic) bond motifs is 4. The highest BCUT2D eigenvalue weighted by Gasteiger charge is 2.36. The van der Waals surface area contributed by atoms with Gasteiger partial charge in [-0.15, -0.1) is 0 Å². The molecule has 0 saturated carbocycles. The first-order chi connectivity index (χ1) is 8.86. The Kier molecular flexibility index (Phi) is 1.95. The molecule has 90 valence electrons. The van der Waals surface area contributed by atoms with Gasteiger partial charge in [0.15, 0.2) is 0 Å². The minimum atomic E-state index is 0.354. The van der Waals surface area contributed by atoms with Gasteiger partial charge in [-0.3, -0.25) is 0 Å². The van der Waals surface area contributed by atoms with Crippen molar-refractivity contribution in [3.63, 3.8) is 0 Å². The van der Waals surface area contributed by atoms with Crippen molar-refractivity contribution >= 4 is 11.8 Å². The lowest BCUT2D eigenvalue weighted by Crippen LogP contribution is -2.38. The second kappa shape index (κ2) is 3.52. The molecule has 2 aliphatic heterocycles. The Morgan fingerprint density at radius 1 is 1.17 bits per heavy atom. The van der Waals surface area contributed by atoms with Crippen LogP contribution in [-0.4, -0.2) is 18.1 Å². The van der Waals surface area contributed by atoms with Crippen LogP contribution < -0.4 is 4.90 Å². The smallest absolute Gasteiger partial charge is 0.125 e. The summed E-state index contributed by atoms with van der Waals surface area (Å²) in [6.07, 6.45) is 11.8. The molecule has 0 fully saturated rings. The third-order valence-electron chi connectivity index (χ3n) is 4.11. The summed E-state index contributed by atoms with van der Waals surface area (Å²) in [5.74, 6) is 0. The van der Waals surface area contributed by atoms with Crippen molar-refractivity contribution in [2.24, 2.45) is 0 Å². The van der Waals surface area contributed by atoms with E-state index in [4.69, 9.17) is 0 Å². The molecular weight excluding hydrogens is 220 g/mol. The van der Waals surface area contributed by atoms with Crippen LogP contribution >= 0.6 is 0 Å². The molecule has 1 atom stereocenters. The van der Waals surface area contributed by atoms with Crippen molar-refractivity contribution in [2.45, 2.75) is 19.0 Å². The molecule has 0 amide bonds. The van der Waals surface area contributed by atoms with E-state index in [2.05, 4.69) is 65.4 Å². The lowest BCUT2D eigenvalue weighted by molar-refractivity contribution is 0.375. The fraction of sp³-hybridized carbons (Fsp3) is 0.250. The largest absolute Gasteiger partial charge is 0.352 e. The van der Waals surface area contributed by atoms with Crippen LogP contribution in [0.25, 0.3) is 6.08 Å². The Hall–Kier alpha value is -1.96. The normalized spacial score (nSPS) is 24.2. The van der Waals surface area contributed by atoms with Crippen LogP contribution in [0.4, 0.5) is 5.69 Å². The van der Waals surface area contributed by atoms with Crippen LogP contribution in [0.5, 0.6) is 0 Å². The number of hydrogen-bond acceptors (Lipinski definition) is 2. The zero-order valence-electron chi connectivity index (χ0n) is 10.5. The van der Waals surface area contributed by atoms with Gasteiger partial charge in [0.1, 0.15) is 6.17 Å². The summed E-state index contributed by atoms with van der Waals surface area (Å²) in [5.41, 5.74) is 5.50. The average Bonchev–Trinajstić information content (AvgIpc) is 2.73. The van der Waals surface area contributed by atoms with Crippen LogP contribution in [0.3, 0.4) is 0 Å². The number of likely N-dealkylation sites (N-methyl/N-ethyl adjacent to an activating group) is 1. The van der Waals surface area contributed by atoms with Crippen molar-refractivity contribution in [3.05, 3.63) is 59.5 Å². The van der Waals surface area contributed by atoms with Crippen molar-refractivity contribution in [3.8, 4) is 0 Å². The van der Waals surface area contributed by atoms with Gasteiger partial charge < -0.3 is 9.80 Å². The van der Waals surface area contributed by atoms with Gasteiger partial charge in [0.2, 0.25) is 0 Å². The monoisotopic (exact) mass is 236 g/mol. The van der Waals surface area contributed by atoms with Gasteiger partial charge in [-0.2, -0.15) is 0 Å². The van der Waals surface area contributed by atoms with Crippen molar-refractivity contribution in [1.82, 2.24) is 4.90 Å². The second-order valence-electron chi connectivity index (χ2n) is 5.09. The molecule has 2 heterocycles. The van der Waals surface area contributed by atoms with Gasteiger partial charge >= 0.3 is 0 Å². The van der Waals surface area contributed by atoms with E-state index >= 15 is 0 Å². The molecule has 18 heavy (non-hydrogen) atoms. The lowest BCUT2D eigenvalue weighted by Gasteiger charge is -2.34. The number of anilines is 1. The van der Waals surface area contributed by atoms with Crippen LogP contribution in [0.15, 0.2) is 53.9 Å². The molecule has 2 nitrogen and oxygen atoms in total. The predicted molar refractivity (Wildman–Crippen MR) is 74.9 cm³/mol. The van der Waals surface area contributed by atoms with Gasteiger partial charge in [-0.1, -0.05) is 30.4 Å². The zero-order chi connectivity index (χ0) is 12.1. The molecule has 1 aromatic rings. The number of hydrogen-bond donors (Lipinski definition) is 0. The molecule has 1 aromatic carbocycles. The topological polar surface area (TPSA) is 6.48 Å². The molecule has 0 radical (unpaired) electrons. The first kappa shape index (κ1) is 10.0. The van der Waals surface area contributed by atoms with E-state index in [-0.39, 0.29) is 0 Å². The van der Waals surface area contributed by atoms with Crippen LogP contribution in [-0.2, 0) is 0 Å². The second-order valence-corrected chi connectivity index (χ2v) is 5.09. The molecule has 0 saturated heterocycles. The summed E-state index contributed by atoms with van der Waals surface area (Å²) in [6.45, 7) is 0. The Bertz CT molecular complexity index is 595. The maximum atomic E-state index is 2.46. The van der Waals surface area contributed by atoms with E-state index in [1.807, 2.05) is 0 Å². The average molecular weight is 236 g/mol. The van der Waals surface area contributed by atoms with Crippen molar-refractivity contribution in [2.75, 3.05) is 11.9 Å². The minimum absolute atomic E-state index is 0.354. The fourth-order valence-corrected chi connectivity index (χ4v) is 3.22. The summed E-state index contributed by atoms with van der Waals surface area (Å²) in [6, 6.07) is 8.64. The number of nitrogens with zero attached hydrogens (tertiary/aromatic N) is 2. The molecular formula is C16H16N2. The minimum Gasteiger partial charge on any atom is -0.352 e. The molecule has 4 rings (SSSR count). The van der Waals surface area contributed by atoms with Crippen LogP contribution in [0.2, 0.25) is 0 Å². The molecule has 0 bridgehead atoms. The molecule has 0 aromatic heterocycles. The van der Waals surface area contributed by atoms with Gasteiger partial charge in [-0.05, 0) is 36.6 Å². The summed E-state index contributed by atoms with van der Waals surface area (Å²) in [7, 11) is 2.21. The van der Waals surface area contributed by atoms with E-state index in [1.165, 1.54) is 22.6 Å². The first-order valence-corrected chi connectivity index (χ1v) is 6.55. The maximum Gasteiger partial charge on any atom is 0.125 e. The van der Waals surface area contributed by atoms with Crippen LogP contribution in [0.1, 0.15) is 18.4 Å². The van der Waals surface area contributed by atoms with Gasteiger partial charge in [0.05, 0.1) is 11.4 Å². The van der Waals surface area contributed by atoms with E-state index < -0.39 is 0 Å². The SMILES string of the molecule is CN1C2=C(C=CCC2)N2c3ccccc3C=CC12. The summed E-state index contributed by atoms with van der Waals surface area (Å²) >= 11 is 0. The first-order valence-electron chi connectivity index (χ1n) is 6.55. The van der Waals surface area contributed by atoms with E-state index in [0.717, 1.165) is 12.8 Å². The Balaban J connectivity index is 1.91. The number of benzene rings is 1. The van der Waals surface area contributed by atoms with Crippen molar-refractivity contribution in [1.29, 1.82) is 0 Å². The third kappa shape index (κ3) is 1.18. The van der Waals surface area contributed by atoms with Gasteiger partial charge in [0.25, 0.3) is 0 Å². The standard InChI is InChI=1S/C16H16N2/c1-17-14-8-4-5-9-15(14)18-13-7-3-2-6-12(13)10-11-16(17)18/h2-3,5-7,9-11,16H,4,8H2,1H3. The summed E-state index contributed by atoms with van der Waals surface area (Å²) in [5, 5.41) is 0. The fourth-order valence-electron chi connectivity index (χ4n) is 3.22. The summed E-state index contributed by atoms with van der Waals surface area (Å²) < 4.78 is 0. The predicted octanol–water partition coefficient (Wildman–Crippen LogP) is 3.35. The molecule has 3 aliphatic rings. The van der Waals surface area contributed by atoms with Crippen molar-refractivity contribution < 1.29 is 0 Å². The van der Waals surface area contributed by atoms with E-state index in [9.17, 15) is 0 Å². The lowest BCUT2D eigenvalue weighted by atomic mass is 10.0. The molecule has 0 N–H and O–H groups in total. The van der Waals surface area contributed by atoms with Gasteiger partial charge in [-0.25, -0.2) is 0 Å². The number of rotatable bonds is 0. The Morgan fingerprint density at radius 3 is 3.00 bits per heavy atom. The molecule has 2 heteroatoms. The third-order valence-corrected chi connectivity index (χ3v) is 4.11. The Labute approximate surface area is 108 Å². The summed E-state index contributed by atoms with van der Waals surface area (Å²) in [4.78, 5) is 4.87.